The predicted octanol–water partition coefficient (Wildman–Crippen LogP) is 2.05. The van der Waals surface area contributed by atoms with Crippen LogP contribution in [-0.2, 0) is 4.74 Å². The van der Waals surface area contributed by atoms with Gasteiger partial charge in [0.15, 0.2) is 0 Å². The summed E-state index contributed by atoms with van der Waals surface area (Å²) in [5.74, 6) is 1.49. The van der Waals surface area contributed by atoms with E-state index in [-0.39, 0.29) is 6.10 Å². The maximum atomic E-state index is 9.79. The Morgan fingerprint density at radius 3 is 2.33 bits per heavy atom. The van der Waals surface area contributed by atoms with Crippen LogP contribution in [0.1, 0.15) is 40.5 Å². The first-order valence-electron chi connectivity index (χ1n) is 7.32. The highest BCUT2D eigenvalue weighted by Crippen LogP contribution is 2.67. The van der Waals surface area contributed by atoms with Crippen LogP contribution < -0.4 is 5.32 Å². The Kier molecular flexibility index (Phi) is 4.05. The van der Waals surface area contributed by atoms with Crippen molar-refractivity contribution in [3.63, 3.8) is 0 Å². The average molecular weight is 255 g/mol. The van der Waals surface area contributed by atoms with Gasteiger partial charge in [-0.25, -0.2) is 0 Å². The van der Waals surface area contributed by atoms with Gasteiger partial charge in [0.25, 0.3) is 0 Å². The van der Waals surface area contributed by atoms with E-state index < -0.39 is 0 Å². The monoisotopic (exact) mass is 255 g/mol. The quantitative estimate of drug-likeness (QED) is 0.697. The van der Waals surface area contributed by atoms with Crippen LogP contribution in [0, 0.1) is 22.7 Å². The van der Waals surface area contributed by atoms with Crippen LogP contribution >= 0.6 is 0 Å². The maximum Gasteiger partial charge on any atom is 0.0897 e. The fourth-order valence-electron chi connectivity index (χ4n) is 2.95. The molecular formula is C15H29NO2. The van der Waals surface area contributed by atoms with Gasteiger partial charge < -0.3 is 15.2 Å². The molecular weight excluding hydrogens is 226 g/mol. The van der Waals surface area contributed by atoms with Crippen molar-refractivity contribution in [2.75, 3.05) is 26.3 Å². The minimum atomic E-state index is -0.367. The van der Waals surface area contributed by atoms with Crippen molar-refractivity contribution in [2.24, 2.45) is 22.7 Å². The molecule has 2 aliphatic rings. The third-order valence-electron chi connectivity index (χ3n) is 5.41. The molecule has 18 heavy (non-hydrogen) atoms. The van der Waals surface area contributed by atoms with Gasteiger partial charge in [-0.1, -0.05) is 27.7 Å². The molecule has 0 saturated heterocycles. The van der Waals surface area contributed by atoms with E-state index in [1.165, 1.54) is 12.8 Å². The number of ether oxygens (including phenoxy) is 1. The third-order valence-corrected chi connectivity index (χ3v) is 5.41. The van der Waals surface area contributed by atoms with E-state index in [0.717, 1.165) is 19.1 Å². The fraction of sp³-hybridized carbons (Fsp3) is 1.00. The second kappa shape index (κ2) is 5.10. The van der Waals surface area contributed by atoms with Crippen LogP contribution in [0.4, 0.5) is 0 Å². The van der Waals surface area contributed by atoms with E-state index in [4.69, 9.17) is 4.74 Å². The van der Waals surface area contributed by atoms with Crippen molar-refractivity contribution < 1.29 is 9.84 Å². The van der Waals surface area contributed by atoms with E-state index in [9.17, 15) is 5.11 Å². The number of aliphatic hydroxyl groups excluding tert-OH is 1. The second-order valence-corrected chi connectivity index (χ2v) is 7.29. The first kappa shape index (κ1) is 14.3. The van der Waals surface area contributed by atoms with Crippen molar-refractivity contribution in [1.29, 1.82) is 0 Å². The normalized spacial score (nSPS) is 27.2. The molecule has 0 amide bonds. The van der Waals surface area contributed by atoms with Crippen molar-refractivity contribution in [1.82, 2.24) is 5.32 Å². The van der Waals surface area contributed by atoms with E-state index in [0.29, 0.717) is 29.9 Å². The number of nitrogens with one attached hydrogen (secondary N) is 1. The predicted molar refractivity (Wildman–Crippen MR) is 73.5 cm³/mol. The van der Waals surface area contributed by atoms with Gasteiger partial charge in [0.05, 0.1) is 12.7 Å². The molecule has 1 unspecified atom stereocenters. The van der Waals surface area contributed by atoms with E-state index in [1.807, 2.05) is 0 Å². The van der Waals surface area contributed by atoms with Crippen LogP contribution in [0.2, 0.25) is 0 Å². The van der Waals surface area contributed by atoms with Gasteiger partial charge in [-0.05, 0) is 42.1 Å². The molecule has 0 aliphatic heterocycles. The Bertz CT molecular complexity index is 270. The summed E-state index contributed by atoms with van der Waals surface area (Å²) in [5.41, 5.74) is 0.848. The second-order valence-electron chi connectivity index (χ2n) is 7.29. The highest BCUT2D eigenvalue weighted by atomic mass is 16.5. The summed E-state index contributed by atoms with van der Waals surface area (Å²) < 4.78 is 5.48. The minimum absolute atomic E-state index is 0.367. The van der Waals surface area contributed by atoms with Crippen molar-refractivity contribution in [3.8, 4) is 0 Å². The molecule has 0 bridgehead atoms. The van der Waals surface area contributed by atoms with Crippen LogP contribution in [0.5, 0.6) is 0 Å². The molecule has 3 heteroatoms. The number of rotatable bonds is 8. The van der Waals surface area contributed by atoms with Gasteiger partial charge in [0.2, 0.25) is 0 Å². The number of aliphatic hydroxyl groups is 1. The van der Waals surface area contributed by atoms with E-state index in [2.05, 4.69) is 33.0 Å². The average Bonchev–Trinajstić information content (AvgIpc) is 3.13. The summed E-state index contributed by atoms with van der Waals surface area (Å²) in [6, 6.07) is 0. The summed E-state index contributed by atoms with van der Waals surface area (Å²) in [5, 5.41) is 13.2. The maximum absolute atomic E-state index is 9.79. The Hall–Kier alpha value is -0.120. The number of hydrogen-bond donors (Lipinski definition) is 2. The lowest BCUT2D eigenvalue weighted by Gasteiger charge is -2.12. The molecule has 2 saturated carbocycles. The Morgan fingerprint density at radius 1 is 1.22 bits per heavy atom. The molecule has 0 radical (unpaired) electrons. The molecule has 3 nitrogen and oxygen atoms in total. The first-order valence-corrected chi connectivity index (χ1v) is 7.32. The summed E-state index contributed by atoms with van der Waals surface area (Å²) in [4.78, 5) is 0. The Labute approximate surface area is 111 Å². The molecule has 2 aliphatic carbocycles. The molecule has 0 aromatic heterocycles. The van der Waals surface area contributed by atoms with Crippen molar-refractivity contribution in [3.05, 3.63) is 0 Å². The molecule has 0 aromatic rings. The molecule has 2 fully saturated rings. The first-order chi connectivity index (χ1) is 8.35. The molecule has 0 aromatic carbocycles. The van der Waals surface area contributed by atoms with Crippen LogP contribution in [0.25, 0.3) is 0 Å². The smallest absolute Gasteiger partial charge is 0.0897 e. The van der Waals surface area contributed by atoms with Crippen LogP contribution in [-0.4, -0.2) is 37.5 Å². The summed E-state index contributed by atoms with van der Waals surface area (Å²) in [6.45, 7) is 12.3. The molecule has 1 atom stereocenters. The zero-order valence-electron chi connectivity index (χ0n) is 12.3. The fourth-order valence-corrected chi connectivity index (χ4v) is 2.95. The van der Waals surface area contributed by atoms with Gasteiger partial charge in [-0.2, -0.15) is 0 Å². The van der Waals surface area contributed by atoms with E-state index in [1.54, 1.807) is 0 Å². The lowest BCUT2D eigenvalue weighted by atomic mass is 10.0. The van der Waals surface area contributed by atoms with Crippen LogP contribution in [0.3, 0.4) is 0 Å². The minimum Gasteiger partial charge on any atom is -0.389 e. The zero-order chi connectivity index (χ0) is 13.4. The lowest BCUT2D eigenvalue weighted by Crippen LogP contribution is -2.32. The van der Waals surface area contributed by atoms with Gasteiger partial charge in [0, 0.05) is 13.2 Å². The van der Waals surface area contributed by atoms with Crippen molar-refractivity contribution in [2.45, 2.75) is 46.6 Å². The third kappa shape index (κ3) is 3.06. The van der Waals surface area contributed by atoms with E-state index >= 15 is 0 Å². The molecule has 2 N–H and O–H groups in total. The summed E-state index contributed by atoms with van der Waals surface area (Å²) in [6.07, 6.45) is 2.24. The van der Waals surface area contributed by atoms with Crippen LogP contribution in [0.15, 0.2) is 0 Å². The standard InChI is InChI=1S/C15H29NO2/c1-14(2)13(15(14,3)4)8-16-7-12(17)10-18-9-11-5-6-11/h11-13,16-17H,5-10H2,1-4H3. The number of hydrogen-bond acceptors (Lipinski definition) is 3. The highest BCUT2D eigenvalue weighted by molar-refractivity contribution is 5.12. The summed E-state index contributed by atoms with van der Waals surface area (Å²) >= 11 is 0. The lowest BCUT2D eigenvalue weighted by molar-refractivity contribution is 0.0324. The molecule has 0 heterocycles. The topological polar surface area (TPSA) is 41.5 Å². The highest BCUT2D eigenvalue weighted by Gasteiger charge is 2.63. The van der Waals surface area contributed by atoms with Gasteiger partial charge in [0.1, 0.15) is 0 Å². The van der Waals surface area contributed by atoms with Gasteiger partial charge >= 0.3 is 0 Å². The zero-order valence-corrected chi connectivity index (χ0v) is 12.3. The Morgan fingerprint density at radius 2 is 1.83 bits per heavy atom. The molecule has 0 spiro atoms. The SMILES string of the molecule is CC1(C)C(CNCC(O)COCC2CC2)C1(C)C. The summed E-state index contributed by atoms with van der Waals surface area (Å²) in [7, 11) is 0. The van der Waals surface area contributed by atoms with Gasteiger partial charge in [-0.3, -0.25) is 0 Å². The largest absolute Gasteiger partial charge is 0.389 e. The Balaban J connectivity index is 1.52. The molecule has 106 valence electrons. The molecule has 2 rings (SSSR count). The van der Waals surface area contributed by atoms with Gasteiger partial charge in [-0.15, -0.1) is 0 Å². The van der Waals surface area contributed by atoms with Crippen molar-refractivity contribution >= 4 is 0 Å².